The van der Waals surface area contributed by atoms with Crippen molar-refractivity contribution in [3.8, 4) is 0 Å². The van der Waals surface area contributed by atoms with Crippen molar-refractivity contribution in [2.45, 2.75) is 13.5 Å². The Hall–Kier alpha value is -1.07. The molecule has 3 nitrogen and oxygen atoms in total. The van der Waals surface area contributed by atoms with E-state index in [0.29, 0.717) is 0 Å². The summed E-state index contributed by atoms with van der Waals surface area (Å²) in [6.45, 7) is 6.30. The third kappa shape index (κ3) is 4.70. The molecule has 1 aromatic heterocycles. The van der Waals surface area contributed by atoms with Gasteiger partial charge in [0.1, 0.15) is 0 Å². The van der Waals surface area contributed by atoms with Crippen LogP contribution in [0.5, 0.6) is 0 Å². The van der Waals surface area contributed by atoms with E-state index >= 15 is 0 Å². The van der Waals surface area contributed by atoms with Crippen LogP contribution >= 0.6 is 22.9 Å². The zero-order valence-corrected chi connectivity index (χ0v) is 15.3. The van der Waals surface area contributed by atoms with Gasteiger partial charge in [-0.3, -0.25) is 9.69 Å². The maximum Gasteiger partial charge on any atom is 0.254 e. The zero-order valence-electron chi connectivity index (χ0n) is 13.0. The van der Waals surface area contributed by atoms with Crippen LogP contribution < -0.4 is 12.4 Å². The average Bonchev–Trinajstić information content (AvgIpc) is 2.94. The van der Waals surface area contributed by atoms with Crippen LogP contribution in [-0.2, 0) is 6.54 Å². The molecule has 0 bridgehead atoms. The predicted octanol–water partition coefficient (Wildman–Crippen LogP) is 0.672. The van der Waals surface area contributed by atoms with Gasteiger partial charge in [0, 0.05) is 48.0 Å². The number of piperazine rings is 1. The summed E-state index contributed by atoms with van der Waals surface area (Å²) in [5.74, 6) is 0.159. The first-order chi connectivity index (χ1) is 10.6. The minimum absolute atomic E-state index is 0. The molecule has 2 aromatic rings. The number of hydrogen-bond donors (Lipinski definition) is 0. The standard InChI is InChI=1S/C17H19ClN2OS.ClH/c1-13-9-15(12-22-13)17(21)20-7-5-19(6-8-20)11-14-3-2-4-16(18)10-14;/h2-4,9-10,12H,5-8,11H2,1H3;1H/p-1. The smallest absolute Gasteiger partial charge is 0.254 e. The van der Waals surface area contributed by atoms with Crippen LogP contribution in [0.25, 0.3) is 0 Å². The number of rotatable bonds is 3. The fourth-order valence-electron chi connectivity index (χ4n) is 2.74. The summed E-state index contributed by atoms with van der Waals surface area (Å²) < 4.78 is 0. The Kier molecular flexibility index (Phi) is 6.48. The van der Waals surface area contributed by atoms with Crippen molar-refractivity contribution in [2.75, 3.05) is 26.2 Å². The van der Waals surface area contributed by atoms with Gasteiger partial charge < -0.3 is 17.3 Å². The molecule has 0 saturated carbocycles. The summed E-state index contributed by atoms with van der Waals surface area (Å²) in [6, 6.07) is 9.96. The maximum absolute atomic E-state index is 12.4. The van der Waals surface area contributed by atoms with Crippen LogP contribution in [0.1, 0.15) is 20.8 Å². The van der Waals surface area contributed by atoms with E-state index in [0.717, 1.165) is 43.3 Å². The summed E-state index contributed by atoms with van der Waals surface area (Å²) in [4.78, 5) is 17.9. The highest BCUT2D eigenvalue weighted by molar-refractivity contribution is 7.10. The quantitative estimate of drug-likeness (QED) is 0.793. The molecule has 3 rings (SSSR count). The number of amides is 1. The van der Waals surface area contributed by atoms with E-state index in [4.69, 9.17) is 11.6 Å². The highest BCUT2D eigenvalue weighted by Gasteiger charge is 2.22. The normalized spacial score (nSPS) is 15.3. The van der Waals surface area contributed by atoms with Gasteiger partial charge in [-0.2, -0.15) is 0 Å². The Labute approximate surface area is 152 Å². The van der Waals surface area contributed by atoms with Gasteiger partial charge in [0.25, 0.3) is 5.91 Å². The second kappa shape index (κ2) is 8.15. The Balaban J connectivity index is 0.00000192. The van der Waals surface area contributed by atoms with Gasteiger partial charge >= 0.3 is 0 Å². The molecule has 0 N–H and O–H groups in total. The maximum atomic E-state index is 12.4. The van der Waals surface area contributed by atoms with E-state index < -0.39 is 0 Å². The summed E-state index contributed by atoms with van der Waals surface area (Å²) in [6.07, 6.45) is 0. The van der Waals surface area contributed by atoms with Gasteiger partial charge in [0.2, 0.25) is 0 Å². The van der Waals surface area contributed by atoms with Crippen LogP contribution in [-0.4, -0.2) is 41.9 Å². The lowest BCUT2D eigenvalue weighted by Gasteiger charge is -2.34. The minimum atomic E-state index is 0. The average molecular weight is 370 g/mol. The fraction of sp³-hybridized carbons (Fsp3) is 0.353. The molecule has 1 saturated heterocycles. The molecule has 0 spiro atoms. The summed E-state index contributed by atoms with van der Waals surface area (Å²) in [5.41, 5.74) is 2.05. The molecule has 2 heterocycles. The van der Waals surface area contributed by atoms with Gasteiger partial charge in [-0.25, -0.2) is 0 Å². The molecule has 23 heavy (non-hydrogen) atoms. The number of thiophene rings is 1. The molecular formula is C17H19Cl2N2OS-. The van der Waals surface area contributed by atoms with E-state index in [1.807, 2.05) is 41.5 Å². The van der Waals surface area contributed by atoms with Crippen molar-refractivity contribution in [3.63, 3.8) is 0 Å². The molecule has 1 aromatic carbocycles. The molecule has 1 amide bonds. The number of benzene rings is 1. The van der Waals surface area contributed by atoms with E-state index in [1.54, 1.807) is 11.3 Å². The van der Waals surface area contributed by atoms with Crippen molar-refractivity contribution in [2.24, 2.45) is 0 Å². The molecular weight excluding hydrogens is 351 g/mol. The lowest BCUT2D eigenvalue weighted by atomic mass is 10.2. The third-order valence-corrected chi connectivity index (χ3v) is 5.03. The topological polar surface area (TPSA) is 23.6 Å². The summed E-state index contributed by atoms with van der Waals surface area (Å²) in [5, 5.41) is 2.73. The van der Waals surface area contributed by atoms with E-state index in [-0.39, 0.29) is 18.3 Å². The van der Waals surface area contributed by atoms with Crippen molar-refractivity contribution >= 4 is 28.8 Å². The third-order valence-electron chi connectivity index (χ3n) is 3.93. The predicted molar refractivity (Wildman–Crippen MR) is 91.7 cm³/mol. The number of carbonyl (C=O) groups excluding carboxylic acids is 1. The SMILES string of the molecule is Cc1cc(C(=O)N2CCN(Cc3cccc(Cl)c3)CC2)cs1.[Cl-]. The fourth-order valence-corrected chi connectivity index (χ4v) is 3.63. The Bertz CT molecular complexity index is 666. The minimum Gasteiger partial charge on any atom is -1.00 e. The number of aryl methyl sites for hydroxylation is 1. The lowest BCUT2D eigenvalue weighted by molar-refractivity contribution is -0.0000152. The first kappa shape index (κ1) is 18.3. The lowest BCUT2D eigenvalue weighted by Crippen LogP contribution is -3.00. The van der Waals surface area contributed by atoms with Crippen LogP contribution in [0, 0.1) is 6.92 Å². The van der Waals surface area contributed by atoms with Crippen LogP contribution in [0.2, 0.25) is 5.02 Å². The molecule has 0 unspecified atom stereocenters. The zero-order chi connectivity index (χ0) is 15.5. The molecule has 0 aliphatic carbocycles. The van der Waals surface area contributed by atoms with Gasteiger partial charge in [-0.1, -0.05) is 23.7 Å². The highest BCUT2D eigenvalue weighted by atomic mass is 35.5. The Morgan fingerprint density at radius 3 is 2.57 bits per heavy atom. The van der Waals surface area contributed by atoms with Crippen LogP contribution in [0.15, 0.2) is 35.7 Å². The summed E-state index contributed by atoms with van der Waals surface area (Å²) >= 11 is 7.66. The van der Waals surface area contributed by atoms with Crippen molar-refractivity contribution in [3.05, 3.63) is 56.7 Å². The second-order valence-corrected chi connectivity index (χ2v) is 7.20. The van der Waals surface area contributed by atoms with Gasteiger partial charge in [0.15, 0.2) is 0 Å². The van der Waals surface area contributed by atoms with Crippen molar-refractivity contribution in [1.29, 1.82) is 0 Å². The van der Waals surface area contributed by atoms with E-state index in [2.05, 4.69) is 11.0 Å². The molecule has 6 heteroatoms. The molecule has 1 fully saturated rings. The Morgan fingerprint density at radius 2 is 1.96 bits per heavy atom. The number of nitrogens with zero attached hydrogens (tertiary/aromatic N) is 2. The largest absolute Gasteiger partial charge is 1.00 e. The van der Waals surface area contributed by atoms with Crippen molar-refractivity contribution < 1.29 is 17.2 Å². The first-order valence-corrected chi connectivity index (χ1v) is 8.69. The number of halogens is 2. The highest BCUT2D eigenvalue weighted by Crippen LogP contribution is 2.17. The van der Waals surface area contributed by atoms with Gasteiger partial charge in [-0.05, 0) is 30.7 Å². The molecule has 0 atom stereocenters. The molecule has 124 valence electrons. The van der Waals surface area contributed by atoms with Gasteiger partial charge in [-0.15, -0.1) is 11.3 Å². The van der Waals surface area contributed by atoms with E-state index in [9.17, 15) is 4.79 Å². The number of hydrogen-bond acceptors (Lipinski definition) is 3. The van der Waals surface area contributed by atoms with Gasteiger partial charge in [0.05, 0.1) is 5.56 Å². The second-order valence-electron chi connectivity index (χ2n) is 5.64. The van der Waals surface area contributed by atoms with Crippen LogP contribution in [0.3, 0.4) is 0 Å². The summed E-state index contributed by atoms with van der Waals surface area (Å²) in [7, 11) is 0. The molecule has 1 aliphatic rings. The van der Waals surface area contributed by atoms with E-state index in [1.165, 1.54) is 10.4 Å². The molecule has 1 aliphatic heterocycles. The first-order valence-electron chi connectivity index (χ1n) is 7.43. The van der Waals surface area contributed by atoms with Crippen LogP contribution in [0.4, 0.5) is 0 Å². The van der Waals surface area contributed by atoms with Crippen molar-refractivity contribution in [1.82, 2.24) is 9.80 Å². The number of carbonyl (C=O) groups is 1. The molecule has 0 radical (unpaired) electrons. The monoisotopic (exact) mass is 369 g/mol. The Morgan fingerprint density at radius 1 is 1.22 bits per heavy atom.